The molecule has 1 atom stereocenters. The van der Waals surface area contributed by atoms with E-state index >= 15 is 0 Å². The number of rotatable bonds is 6. The van der Waals surface area contributed by atoms with Gasteiger partial charge in [0, 0.05) is 23.6 Å². The zero-order valence-electron chi connectivity index (χ0n) is 16.3. The number of nitrogens with zero attached hydrogens (tertiary/aromatic N) is 3. The van der Waals surface area contributed by atoms with E-state index in [4.69, 9.17) is 5.11 Å². The molecule has 152 valence electrons. The van der Waals surface area contributed by atoms with Gasteiger partial charge >= 0.3 is 5.97 Å². The highest BCUT2D eigenvalue weighted by Crippen LogP contribution is 2.22. The summed E-state index contributed by atoms with van der Waals surface area (Å²) >= 11 is 1.08. The minimum Gasteiger partial charge on any atom is -0.481 e. The van der Waals surface area contributed by atoms with Crippen molar-refractivity contribution in [3.05, 3.63) is 71.4 Å². The Balaban J connectivity index is 1.45. The van der Waals surface area contributed by atoms with Crippen LogP contribution in [0.2, 0.25) is 0 Å². The number of fused-ring (bicyclic) bond motifs is 1. The van der Waals surface area contributed by atoms with Crippen LogP contribution >= 0.6 is 11.8 Å². The van der Waals surface area contributed by atoms with Crippen LogP contribution in [0, 0.1) is 6.92 Å². The minimum atomic E-state index is -1.02. The summed E-state index contributed by atoms with van der Waals surface area (Å²) in [5.41, 5.74) is 4.51. The third kappa shape index (κ3) is 4.60. The number of amides is 1. The summed E-state index contributed by atoms with van der Waals surface area (Å²) in [4.78, 5) is 22.5. The van der Waals surface area contributed by atoms with Crippen molar-refractivity contribution in [2.45, 2.75) is 25.1 Å². The Hall–Kier alpha value is -3.39. The summed E-state index contributed by atoms with van der Waals surface area (Å²) in [7, 11) is 0. The van der Waals surface area contributed by atoms with Crippen molar-refractivity contribution in [3.8, 4) is 0 Å². The van der Waals surface area contributed by atoms with Gasteiger partial charge in [0.2, 0.25) is 5.91 Å². The molecule has 7 nitrogen and oxygen atoms in total. The predicted molar refractivity (Wildman–Crippen MR) is 119 cm³/mol. The first-order chi connectivity index (χ1) is 14.5. The summed E-state index contributed by atoms with van der Waals surface area (Å²) in [6.07, 6.45) is 3.44. The standard InChI is InChI=1S/C22H20N4O3S/c1-14-2-4-15(5-3-14)13-26-9-8-17-10-16(6-7-18(17)26)12-23-25-22-24-21(29)19(30-22)11-20(27)28/h2-10,12,19H,11,13H2,1H3,(H,27,28)(H,24,25,29). The SMILES string of the molecule is Cc1ccc(Cn2ccc3cc(C=NN=C4NC(=O)C(CC(=O)O)S4)ccc32)cc1. The molecule has 2 N–H and O–H groups in total. The van der Waals surface area contributed by atoms with Crippen LogP contribution in [0.25, 0.3) is 10.9 Å². The first-order valence-electron chi connectivity index (χ1n) is 9.43. The number of nitrogens with one attached hydrogen (secondary N) is 1. The Morgan fingerprint density at radius 1 is 1.23 bits per heavy atom. The molecule has 3 aromatic rings. The van der Waals surface area contributed by atoms with Gasteiger partial charge in [0.25, 0.3) is 0 Å². The Morgan fingerprint density at radius 2 is 2.03 bits per heavy atom. The van der Waals surface area contributed by atoms with Crippen LogP contribution in [0.5, 0.6) is 0 Å². The van der Waals surface area contributed by atoms with Crippen LogP contribution in [0.15, 0.2) is 64.9 Å². The molecule has 1 fully saturated rings. The van der Waals surface area contributed by atoms with E-state index in [1.165, 1.54) is 11.1 Å². The van der Waals surface area contributed by atoms with E-state index in [1.807, 2.05) is 18.2 Å². The van der Waals surface area contributed by atoms with Gasteiger partial charge in [0.05, 0.1) is 12.6 Å². The van der Waals surface area contributed by atoms with Crippen LogP contribution in [-0.4, -0.2) is 38.2 Å². The summed E-state index contributed by atoms with van der Waals surface area (Å²) in [6, 6.07) is 16.6. The van der Waals surface area contributed by atoms with E-state index in [-0.39, 0.29) is 12.3 Å². The summed E-state index contributed by atoms with van der Waals surface area (Å²) in [5, 5.41) is 20.1. The Morgan fingerprint density at radius 3 is 2.80 bits per heavy atom. The van der Waals surface area contributed by atoms with Crippen LogP contribution in [0.4, 0.5) is 0 Å². The molecule has 1 aromatic heterocycles. The van der Waals surface area contributed by atoms with Gasteiger partial charge in [-0.2, -0.15) is 5.10 Å². The molecule has 1 amide bonds. The number of carbonyl (C=O) groups excluding carboxylic acids is 1. The fourth-order valence-electron chi connectivity index (χ4n) is 3.22. The number of carbonyl (C=O) groups is 2. The second kappa shape index (κ2) is 8.54. The van der Waals surface area contributed by atoms with Gasteiger partial charge in [-0.1, -0.05) is 47.7 Å². The van der Waals surface area contributed by atoms with Crippen molar-refractivity contribution < 1.29 is 14.7 Å². The normalized spacial score (nSPS) is 17.8. The number of hydrogen-bond donors (Lipinski definition) is 2. The predicted octanol–water partition coefficient (Wildman–Crippen LogP) is 3.39. The number of amidine groups is 1. The number of carboxylic acid groups (broad SMARTS) is 1. The maximum absolute atomic E-state index is 11.7. The Kier molecular flexibility index (Phi) is 5.67. The van der Waals surface area contributed by atoms with Crippen molar-refractivity contribution in [3.63, 3.8) is 0 Å². The molecule has 8 heteroatoms. The zero-order valence-corrected chi connectivity index (χ0v) is 17.1. The quantitative estimate of drug-likeness (QED) is 0.472. The molecule has 0 aliphatic carbocycles. The summed E-state index contributed by atoms with van der Waals surface area (Å²) in [6.45, 7) is 2.88. The molecule has 4 rings (SSSR count). The average Bonchev–Trinajstić information content (AvgIpc) is 3.26. The average molecular weight is 420 g/mol. The number of thioether (sulfide) groups is 1. The molecule has 1 aliphatic heterocycles. The number of aromatic nitrogens is 1. The molecule has 30 heavy (non-hydrogen) atoms. The Bertz CT molecular complexity index is 1160. The van der Waals surface area contributed by atoms with Crippen LogP contribution in [0.1, 0.15) is 23.1 Å². The number of benzene rings is 2. The third-order valence-electron chi connectivity index (χ3n) is 4.76. The highest BCUT2D eigenvalue weighted by molar-refractivity contribution is 8.15. The van der Waals surface area contributed by atoms with Crippen molar-refractivity contribution >= 4 is 45.9 Å². The van der Waals surface area contributed by atoms with Gasteiger partial charge in [-0.25, -0.2) is 0 Å². The molecule has 0 saturated carbocycles. The van der Waals surface area contributed by atoms with E-state index in [1.54, 1.807) is 6.21 Å². The summed E-state index contributed by atoms with van der Waals surface area (Å²) < 4.78 is 2.20. The zero-order chi connectivity index (χ0) is 21.1. The molecule has 0 bridgehead atoms. The second-order valence-electron chi connectivity index (χ2n) is 7.09. The molecule has 0 spiro atoms. The highest BCUT2D eigenvalue weighted by Gasteiger charge is 2.32. The van der Waals surface area contributed by atoms with E-state index in [0.29, 0.717) is 5.17 Å². The maximum Gasteiger partial charge on any atom is 0.305 e. The largest absolute Gasteiger partial charge is 0.481 e. The van der Waals surface area contributed by atoms with E-state index in [0.717, 1.165) is 34.8 Å². The van der Waals surface area contributed by atoms with Crippen molar-refractivity contribution in [2.24, 2.45) is 10.2 Å². The van der Waals surface area contributed by atoms with Gasteiger partial charge in [-0.15, -0.1) is 5.10 Å². The number of aliphatic carboxylic acids is 1. The van der Waals surface area contributed by atoms with Crippen LogP contribution in [0.3, 0.4) is 0 Å². The lowest BCUT2D eigenvalue weighted by Gasteiger charge is -2.06. The van der Waals surface area contributed by atoms with Gasteiger partial charge in [-0.05, 0) is 36.2 Å². The maximum atomic E-state index is 11.7. The fraction of sp³-hybridized carbons (Fsp3) is 0.182. The van der Waals surface area contributed by atoms with E-state index in [2.05, 4.69) is 63.5 Å². The van der Waals surface area contributed by atoms with Gasteiger partial charge in [0.15, 0.2) is 5.17 Å². The third-order valence-corrected chi connectivity index (χ3v) is 5.83. The number of aryl methyl sites for hydroxylation is 1. The van der Waals surface area contributed by atoms with Crippen molar-refractivity contribution in [1.29, 1.82) is 0 Å². The highest BCUT2D eigenvalue weighted by atomic mass is 32.2. The smallest absolute Gasteiger partial charge is 0.305 e. The van der Waals surface area contributed by atoms with Gasteiger partial charge in [0.1, 0.15) is 5.25 Å². The fourth-order valence-corrected chi connectivity index (χ4v) is 4.14. The molecular formula is C22H20N4O3S. The molecule has 1 aliphatic rings. The first-order valence-corrected chi connectivity index (χ1v) is 10.3. The second-order valence-corrected chi connectivity index (χ2v) is 8.28. The lowest BCUT2D eigenvalue weighted by molar-refractivity contribution is -0.138. The van der Waals surface area contributed by atoms with Gasteiger partial charge in [-0.3, -0.25) is 9.59 Å². The van der Waals surface area contributed by atoms with Crippen LogP contribution in [-0.2, 0) is 16.1 Å². The molecule has 1 unspecified atom stereocenters. The van der Waals surface area contributed by atoms with E-state index in [9.17, 15) is 9.59 Å². The Labute approximate surface area is 177 Å². The summed E-state index contributed by atoms with van der Waals surface area (Å²) in [5.74, 6) is -1.37. The molecule has 2 aromatic carbocycles. The number of carboxylic acids is 1. The minimum absolute atomic E-state index is 0.241. The monoisotopic (exact) mass is 420 g/mol. The van der Waals surface area contributed by atoms with Gasteiger partial charge < -0.3 is 15.0 Å². The van der Waals surface area contributed by atoms with Crippen molar-refractivity contribution in [2.75, 3.05) is 0 Å². The lowest BCUT2D eigenvalue weighted by Crippen LogP contribution is -2.26. The van der Waals surface area contributed by atoms with E-state index < -0.39 is 11.2 Å². The molecule has 0 radical (unpaired) electrons. The van der Waals surface area contributed by atoms with Crippen LogP contribution < -0.4 is 5.32 Å². The topological polar surface area (TPSA) is 96.0 Å². The molecule has 1 saturated heterocycles. The number of hydrogen-bond acceptors (Lipinski definition) is 5. The van der Waals surface area contributed by atoms with Crippen molar-refractivity contribution in [1.82, 2.24) is 9.88 Å². The lowest BCUT2D eigenvalue weighted by atomic mass is 10.1. The molecule has 2 heterocycles. The first kappa shape index (κ1) is 19.9. The molecular weight excluding hydrogens is 400 g/mol.